The number of nitrogens with two attached hydrogens (primary N) is 1. The Morgan fingerprint density at radius 1 is 1.29 bits per heavy atom. The molecule has 210 valence electrons. The highest BCUT2D eigenvalue weighted by Crippen LogP contribution is 2.51. The molecule has 4 heterocycles. The molecule has 0 saturated carbocycles. The largest absolute Gasteiger partial charge is 0.477 e. The predicted molar refractivity (Wildman–Crippen MR) is 132 cm³/mol. The maximum absolute atomic E-state index is 13.0. The minimum absolute atomic E-state index is 0.0906. The minimum atomic E-state index is -3.22. The lowest BCUT2D eigenvalue weighted by Crippen LogP contribution is -2.66. The first kappa shape index (κ1) is 28.2. The minimum Gasteiger partial charge on any atom is -0.477 e. The quantitative estimate of drug-likeness (QED) is 0.215. The third kappa shape index (κ3) is 5.23. The van der Waals surface area contributed by atoms with Crippen LogP contribution in [0.5, 0.6) is 0 Å². The Morgan fingerprint density at radius 2 is 2.00 bits per heavy atom. The first-order chi connectivity index (χ1) is 17.9. The van der Waals surface area contributed by atoms with Gasteiger partial charge in [0.1, 0.15) is 5.70 Å². The number of β-lactam (4-membered cyclic amide) rings is 1. The monoisotopic (exact) mass is 558 g/mol. The molecule has 0 aromatic heterocycles. The number of likely N-dealkylation sites (tertiary alicyclic amines) is 1. The average molecular weight is 559 g/mol. The molecule has 4 aliphatic rings. The van der Waals surface area contributed by atoms with E-state index >= 15 is 0 Å². The molecular formula is C23H32F2N6O6S. The molecule has 3 fully saturated rings. The van der Waals surface area contributed by atoms with Gasteiger partial charge in [0, 0.05) is 47.8 Å². The van der Waals surface area contributed by atoms with Crippen LogP contribution in [0.4, 0.5) is 8.78 Å². The summed E-state index contributed by atoms with van der Waals surface area (Å²) in [7, 11) is 0. The van der Waals surface area contributed by atoms with Crippen molar-refractivity contribution in [3.8, 4) is 0 Å². The van der Waals surface area contributed by atoms with Gasteiger partial charge in [0.15, 0.2) is 0 Å². The average Bonchev–Trinajstić information content (AvgIpc) is 3.57. The number of fused-ring (bicyclic) bond motifs is 1. The van der Waals surface area contributed by atoms with Gasteiger partial charge in [-0.1, -0.05) is 6.92 Å². The molecule has 38 heavy (non-hydrogen) atoms. The summed E-state index contributed by atoms with van der Waals surface area (Å²) in [6.07, 6.45) is -2.13. The molecule has 0 aromatic carbocycles. The number of halogens is 2. The van der Waals surface area contributed by atoms with Crippen LogP contribution in [0, 0.1) is 11.8 Å². The van der Waals surface area contributed by atoms with E-state index in [0.29, 0.717) is 37.4 Å². The highest BCUT2D eigenvalue weighted by atomic mass is 32.2. The van der Waals surface area contributed by atoms with E-state index in [4.69, 9.17) is 5.73 Å². The zero-order valence-corrected chi connectivity index (χ0v) is 21.8. The molecule has 4 amide bonds. The number of rotatable bonds is 9. The predicted octanol–water partition coefficient (Wildman–Crippen LogP) is -1.33. The van der Waals surface area contributed by atoms with Gasteiger partial charge in [-0.25, -0.2) is 4.79 Å². The normalized spacial score (nSPS) is 31.4. The van der Waals surface area contributed by atoms with Crippen molar-refractivity contribution in [2.75, 3.05) is 26.2 Å². The van der Waals surface area contributed by atoms with Gasteiger partial charge in [-0.2, -0.15) is 8.78 Å². The summed E-state index contributed by atoms with van der Waals surface area (Å²) in [5.74, 6) is -4.84. The Morgan fingerprint density at radius 3 is 2.63 bits per heavy atom. The molecule has 12 nitrogen and oxygen atoms in total. The first-order valence-electron chi connectivity index (χ1n) is 12.5. The van der Waals surface area contributed by atoms with Gasteiger partial charge >= 0.3 is 12.4 Å². The van der Waals surface area contributed by atoms with Crippen molar-refractivity contribution in [1.29, 1.82) is 0 Å². The summed E-state index contributed by atoms with van der Waals surface area (Å²) in [4.78, 5) is 64.4. The summed E-state index contributed by atoms with van der Waals surface area (Å²) in [5.41, 5.74) is 5.20. The van der Waals surface area contributed by atoms with Crippen LogP contribution < -0.4 is 21.7 Å². The van der Waals surface area contributed by atoms with E-state index in [1.807, 2.05) is 0 Å². The number of nitrogens with zero attached hydrogens (tertiary/aromatic N) is 2. The lowest BCUT2D eigenvalue weighted by atomic mass is 9.78. The van der Waals surface area contributed by atoms with E-state index in [1.165, 1.54) is 23.6 Å². The standard InChI is InChI=1S/C23H32F2N6O6S/c1-9-16-15(10(2)28-20(33)19(24)25)22(35)31(16)17(23(36)37)18(9)38-12-5-13(27-7-12)21(34)30-4-3-11(8-30)29-14(32)6-26/h9-13,15-16,19,27H,3-8,26H2,1-2H3,(H,28,33)(H,29,32)(H,36,37)/t9-,10?,11+,12+,13+,15-,16-/m1/s1. The van der Waals surface area contributed by atoms with Crippen molar-refractivity contribution in [2.45, 2.75) is 62.5 Å². The number of hydrogen-bond donors (Lipinski definition) is 5. The van der Waals surface area contributed by atoms with Gasteiger partial charge in [-0.3, -0.25) is 19.2 Å². The number of carboxylic acid groups (broad SMARTS) is 1. The van der Waals surface area contributed by atoms with E-state index in [1.54, 1.807) is 11.8 Å². The molecule has 0 aromatic rings. The van der Waals surface area contributed by atoms with Gasteiger partial charge in [-0.15, -0.1) is 11.8 Å². The van der Waals surface area contributed by atoms with Gasteiger partial charge < -0.3 is 36.6 Å². The van der Waals surface area contributed by atoms with Crippen LogP contribution >= 0.6 is 11.8 Å². The smallest absolute Gasteiger partial charge is 0.353 e. The Bertz CT molecular complexity index is 1060. The number of aliphatic carboxylic acids is 1. The number of thioether (sulfide) groups is 1. The maximum Gasteiger partial charge on any atom is 0.353 e. The summed E-state index contributed by atoms with van der Waals surface area (Å²) >= 11 is 1.31. The molecule has 0 radical (unpaired) electrons. The zero-order valence-electron chi connectivity index (χ0n) is 21.0. The third-order valence-corrected chi connectivity index (χ3v) is 9.14. The molecule has 7 atom stereocenters. The van der Waals surface area contributed by atoms with Crippen LogP contribution in [0.25, 0.3) is 0 Å². The van der Waals surface area contributed by atoms with Crippen LogP contribution in [-0.4, -0.2) is 107 Å². The van der Waals surface area contributed by atoms with E-state index < -0.39 is 48.3 Å². The first-order valence-corrected chi connectivity index (χ1v) is 13.4. The summed E-state index contributed by atoms with van der Waals surface area (Å²) in [6, 6.07) is -2.06. The van der Waals surface area contributed by atoms with Crippen LogP contribution in [-0.2, 0) is 24.0 Å². The summed E-state index contributed by atoms with van der Waals surface area (Å²) < 4.78 is 25.4. The summed E-state index contributed by atoms with van der Waals surface area (Å²) in [5, 5.41) is 17.9. The topological polar surface area (TPSA) is 174 Å². The van der Waals surface area contributed by atoms with E-state index in [-0.39, 0.29) is 41.3 Å². The molecule has 0 bridgehead atoms. The van der Waals surface area contributed by atoms with Crippen molar-refractivity contribution in [1.82, 2.24) is 25.8 Å². The van der Waals surface area contributed by atoms with Crippen LogP contribution in [0.3, 0.4) is 0 Å². The fraction of sp³-hybridized carbons (Fsp3) is 0.696. The van der Waals surface area contributed by atoms with Crippen molar-refractivity contribution in [2.24, 2.45) is 17.6 Å². The third-order valence-electron chi connectivity index (χ3n) is 7.63. The Labute approximate surface area is 222 Å². The highest BCUT2D eigenvalue weighted by Gasteiger charge is 2.60. The summed E-state index contributed by atoms with van der Waals surface area (Å²) in [6.45, 7) is 4.48. The van der Waals surface area contributed by atoms with Crippen LogP contribution in [0.1, 0.15) is 26.7 Å². The second kappa shape index (κ2) is 11.1. The van der Waals surface area contributed by atoms with Crippen LogP contribution in [0.15, 0.2) is 10.6 Å². The van der Waals surface area contributed by atoms with Crippen molar-refractivity contribution >= 4 is 41.4 Å². The van der Waals surface area contributed by atoms with E-state index in [2.05, 4.69) is 16.0 Å². The van der Waals surface area contributed by atoms with Gasteiger partial charge in [-0.05, 0) is 19.8 Å². The molecule has 3 saturated heterocycles. The molecule has 4 rings (SSSR count). The number of carboxylic acids is 1. The van der Waals surface area contributed by atoms with Crippen molar-refractivity contribution < 1.29 is 37.9 Å². The molecule has 0 aliphatic carbocycles. The van der Waals surface area contributed by atoms with E-state index in [0.717, 1.165) is 0 Å². The Kier molecular flexibility index (Phi) is 8.28. The highest BCUT2D eigenvalue weighted by molar-refractivity contribution is 8.03. The lowest BCUT2D eigenvalue weighted by molar-refractivity contribution is -0.159. The van der Waals surface area contributed by atoms with E-state index in [9.17, 15) is 37.9 Å². The fourth-order valence-corrected chi connectivity index (χ4v) is 7.30. The second-order valence-corrected chi connectivity index (χ2v) is 11.4. The zero-order chi connectivity index (χ0) is 27.9. The molecule has 6 N–H and O–H groups in total. The number of carbonyl (C=O) groups is 5. The maximum atomic E-state index is 13.0. The van der Waals surface area contributed by atoms with Gasteiger partial charge in [0.2, 0.25) is 17.7 Å². The van der Waals surface area contributed by atoms with Crippen molar-refractivity contribution in [3.63, 3.8) is 0 Å². The molecule has 0 spiro atoms. The fourth-order valence-electron chi connectivity index (χ4n) is 5.82. The Balaban J connectivity index is 1.39. The number of alkyl halides is 2. The SMILES string of the molecule is CC(NC(=O)C(F)F)[C@H]1C(=O)N2C(C(=O)O)=C(S[C@@H]3CN[C@H](C(=O)N4CC[C@H](NC(=O)CN)C4)C3)[C@H](C)[C@H]12. The number of amides is 4. The lowest BCUT2D eigenvalue weighted by Gasteiger charge is -2.47. The molecule has 15 heteroatoms. The van der Waals surface area contributed by atoms with Crippen LogP contribution in [0.2, 0.25) is 0 Å². The molecule has 4 aliphatic heterocycles. The second-order valence-electron chi connectivity index (χ2n) is 10.1. The number of hydrogen-bond acceptors (Lipinski definition) is 8. The molecule has 1 unspecified atom stereocenters. The molecular weight excluding hydrogens is 526 g/mol. The van der Waals surface area contributed by atoms with Gasteiger partial charge in [0.25, 0.3) is 5.91 Å². The number of carbonyl (C=O) groups excluding carboxylic acids is 4. The Hall–Kier alpha value is -2.78. The van der Waals surface area contributed by atoms with Gasteiger partial charge in [0.05, 0.1) is 24.5 Å². The van der Waals surface area contributed by atoms with Crippen molar-refractivity contribution in [3.05, 3.63) is 10.6 Å². The number of nitrogens with one attached hydrogen (secondary N) is 3.